The number of carbonyl (C=O) groups is 2. The van der Waals surface area contributed by atoms with Crippen molar-refractivity contribution in [3.63, 3.8) is 0 Å². The highest BCUT2D eigenvalue weighted by Gasteiger charge is 2.15. The van der Waals surface area contributed by atoms with Gasteiger partial charge >= 0.3 is 6.03 Å². The van der Waals surface area contributed by atoms with Crippen LogP contribution in [-0.4, -0.2) is 17.2 Å². The van der Waals surface area contributed by atoms with Crippen molar-refractivity contribution < 1.29 is 9.59 Å². The predicted molar refractivity (Wildman–Crippen MR) is 98.3 cm³/mol. The lowest BCUT2D eigenvalue weighted by atomic mass is 10.2. The molecule has 2 aromatic carbocycles. The van der Waals surface area contributed by atoms with Crippen molar-refractivity contribution in [3.05, 3.63) is 59.1 Å². The summed E-state index contributed by atoms with van der Waals surface area (Å²) in [7, 11) is 0. The largest absolute Gasteiger partial charge is 0.351 e. The standard InChI is InChI=1S/C17H18ClN3O2S/c1-11(24-15-8-3-2-7-14(15)18)16(22)20-10-12-5-4-6-13(9-12)21-17(19)23/h2-9,11H,10H2,1H3,(H,20,22)(H3,19,21,23)/t11-/m1/s1. The van der Waals surface area contributed by atoms with Crippen molar-refractivity contribution >= 4 is 41.0 Å². The lowest BCUT2D eigenvalue weighted by Crippen LogP contribution is -2.30. The number of hydrogen-bond acceptors (Lipinski definition) is 3. The van der Waals surface area contributed by atoms with Gasteiger partial charge in [0, 0.05) is 17.1 Å². The third-order valence-corrected chi connectivity index (χ3v) is 4.79. The van der Waals surface area contributed by atoms with E-state index in [0.29, 0.717) is 17.3 Å². The molecule has 1 atom stereocenters. The summed E-state index contributed by atoms with van der Waals surface area (Å²) in [6, 6.07) is 13.9. The first-order valence-corrected chi connectivity index (χ1v) is 8.56. The predicted octanol–water partition coefficient (Wildman–Crippen LogP) is 3.63. The first-order chi connectivity index (χ1) is 11.5. The molecule has 0 saturated carbocycles. The molecule has 0 unspecified atom stereocenters. The van der Waals surface area contributed by atoms with E-state index in [9.17, 15) is 9.59 Å². The van der Waals surface area contributed by atoms with Crippen molar-refractivity contribution in [2.75, 3.05) is 5.32 Å². The van der Waals surface area contributed by atoms with Gasteiger partial charge in [-0.3, -0.25) is 4.79 Å². The number of benzene rings is 2. The van der Waals surface area contributed by atoms with Gasteiger partial charge in [0.25, 0.3) is 0 Å². The summed E-state index contributed by atoms with van der Waals surface area (Å²) >= 11 is 7.52. The zero-order valence-corrected chi connectivity index (χ0v) is 14.7. The Morgan fingerprint density at radius 1 is 1.21 bits per heavy atom. The summed E-state index contributed by atoms with van der Waals surface area (Å²) in [4.78, 5) is 24.0. The number of hydrogen-bond donors (Lipinski definition) is 3. The molecule has 0 saturated heterocycles. The molecule has 0 aromatic heterocycles. The van der Waals surface area contributed by atoms with E-state index < -0.39 is 6.03 Å². The Morgan fingerprint density at radius 3 is 2.67 bits per heavy atom. The Bertz CT molecular complexity index is 739. The molecule has 0 aliphatic heterocycles. The molecule has 0 aliphatic rings. The Kier molecular flexibility index (Phi) is 6.52. The van der Waals surface area contributed by atoms with Gasteiger partial charge in [-0.05, 0) is 36.8 Å². The Balaban J connectivity index is 1.90. The zero-order valence-electron chi connectivity index (χ0n) is 13.1. The third-order valence-electron chi connectivity index (χ3n) is 3.17. The first kappa shape index (κ1) is 18.2. The van der Waals surface area contributed by atoms with E-state index in [1.165, 1.54) is 11.8 Å². The SMILES string of the molecule is C[C@@H](Sc1ccccc1Cl)C(=O)NCc1cccc(NC(N)=O)c1. The number of amides is 3. The summed E-state index contributed by atoms with van der Waals surface area (Å²) in [5.41, 5.74) is 6.54. The average Bonchev–Trinajstić information content (AvgIpc) is 2.54. The molecule has 0 aliphatic carbocycles. The molecule has 7 heteroatoms. The highest BCUT2D eigenvalue weighted by molar-refractivity contribution is 8.00. The monoisotopic (exact) mass is 363 g/mol. The van der Waals surface area contributed by atoms with Gasteiger partial charge in [-0.1, -0.05) is 35.9 Å². The average molecular weight is 364 g/mol. The van der Waals surface area contributed by atoms with E-state index in [-0.39, 0.29) is 11.2 Å². The highest BCUT2D eigenvalue weighted by atomic mass is 35.5. The van der Waals surface area contributed by atoms with Crippen LogP contribution in [0.1, 0.15) is 12.5 Å². The smallest absolute Gasteiger partial charge is 0.316 e. The maximum atomic E-state index is 12.2. The van der Waals surface area contributed by atoms with Gasteiger partial charge in [-0.25, -0.2) is 4.79 Å². The molecular formula is C17H18ClN3O2S. The molecule has 126 valence electrons. The number of nitrogens with two attached hydrogens (primary N) is 1. The summed E-state index contributed by atoms with van der Waals surface area (Å²) in [6.07, 6.45) is 0. The number of thioether (sulfide) groups is 1. The van der Waals surface area contributed by atoms with Crippen LogP contribution in [0, 0.1) is 0 Å². The topological polar surface area (TPSA) is 84.2 Å². The van der Waals surface area contributed by atoms with Crippen molar-refractivity contribution in [2.24, 2.45) is 5.73 Å². The Hall–Kier alpha value is -2.18. The Morgan fingerprint density at radius 2 is 1.96 bits per heavy atom. The Labute approximate surface area is 150 Å². The van der Waals surface area contributed by atoms with Gasteiger partial charge < -0.3 is 16.4 Å². The van der Waals surface area contributed by atoms with Gasteiger partial charge in [0.05, 0.1) is 10.3 Å². The van der Waals surface area contributed by atoms with Crippen LogP contribution in [0.5, 0.6) is 0 Å². The molecule has 3 amide bonds. The maximum absolute atomic E-state index is 12.2. The number of nitrogens with one attached hydrogen (secondary N) is 2. The van der Waals surface area contributed by atoms with E-state index in [1.54, 1.807) is 24.3 Å². The van der Waals surface area contributed by atoms with E-state index in [1.807, 2.05) is 31.2 Å². The van der Waals surface area contributed by atoms with Crippen LogP contribution in [0.3, 0.4) is 0 Å². The highest BCUT2D eigenvalue weighted by Crippen LogP contribution is 2.30. The third kappa shape index (κ3) is 5.47. The van der Waals surface area contributed by atoms with Gasteiger partial charge in [-0.2, -0.15) is 0 Å². The van der Waals surface area contributed by atoms with Crippen LogP contribution in [0.2, 0.25) is 5.02 Å². The molecule has 5 nitrogen and oxygen atoms in total. The molecule has 0 fully saturated rings. The van der Waals surface area contributed by atoms with Crippen LogP contribution < -0.4 is 16.4 Å². The molecule has 0 bridgehead atoms. The number of anilines is 1. The lowest BCUT2D eigenvalue weighted by Gasteiger charge is -2.13. The molecule has 24 heavy (non-hydrogen) atoms. The minimum atomic E-state index is -0.624. The second-order valence-corrected chi connectivity index (χ2v) is 6.89. The molecule has 2 aromatic rings. The lowest BCUT2D eigenvalue weighted by molar-refractivity contribution is -0.120. The molecular weight excluding hydrogens is 346 g/mol. The van der Waals surface area contributed by atoms with Crippen molar-refractivity contribution in [1.82, 2.24) is 5.32 Å². The summed E-state index contributed by atoms with van der Waals surface area (Å²) < 4.78 is 0. The van der Waals surface area contributed by atoms with Gasteiger partial charge in [0.2, 0.25) is 5.91 Å². The van der Waals surface area contributed by atoms with Crippen LogP contribution >= 0.6 is 23.4 Å². The van der Waals surface area contributed by atoms with E-state index in [0.717, 1.165) is 10.5 Å². The first-order valence-electron chi connectivity index (χ1n) is 7.30. The van der Waals surface area contributed by atoms with Gasteiger partial charge in [-0.15, -0.1) is 11.8 Å². The number of urea groups is 1. The molecule has 0 spiro atoms. The minimum Gasteiger partial charge on any atom is -0.351 e. The fourth-order valence-electron chi connectivity index (χ4n) is 2.02. The molecule has 2 rings (SSSR count). The van der Waals surface area contributed by atoms with E-state index in [4.69, 9.17) is 17.3 Å². The quantitative estimate of drug-likeness (QED) is 0.685. The second kappa shape index (κ2) is 8.61. The van der Waals surface area contributed by atoms with Crippen LogP contribution in [0.4, 0.5) is 10.5 Å². The summed E-state index contributed by atoms with van der Waals surface area (Å²) in [5, 5.41) is 5.73. The maximum Gasteiger partial charge on any atom is 0.316 e. The number of rotatable bonds is 6. The summed E-state index contributed by atoms with van der Waals surface area (Å²) in [6.45, 7) is 2.19. The van der Waals surface area contributed by atoms with Gasteiger partial charge in [0.15, 0.2) is 0 Å². The van der Waals surface area contributed by atoms with E-state index >= 15 is 0 Å². The minimum absolute atomic E-state index is 0.0896. The second-order valence-electron chi connectivity index (χ2n) is 5.10. The number of carbonyl (C=O) groups excluding carboxylic acids is 2. The number of halogens is 1. The van der Waals surface area contributed by atoms with Crippen LogP contribution in [0.25, 0.3) is 0 Å². The van der Waals surface area contributed by atoms with Crippen LogP contribution in [0.15, 0.2) is 53.4 Å². The molecule has 4 N–H and O–H groups in total. The zero-order chi connectivity index (χ0) is 17.5. The fraction of sp³-hybridized carbons (Fsp3) is 0.176. The molecule has 0 radical (unpaired) electrons. The molecule has 0 heterocycles. The van der Waals surface area contributed by atoms with Gasteiger partial charge in [0.1, 0.15) is 0 Å². The number of primary amides is 1. The summed E-state index contributed by atoms with van der Waals surface area (Å²) in [5.74, 6) is -0.0896. The normalized spacial score (nSPS) is 11.6. The van der Waals surface area contributed by atoms with Crippen molar-refractivity contribution in [2.45, 2.75) is 23.6 Å². The van der Waals surface area contributed by atoms with Crippen LogP contribution in [-0.2, 0) is 11.3 Å². The fourth-order valence-corrected chi connectivity index (χ4v) is 3.20. The van der Waals surface area contributed by atoms with E-state index in [2.05, 4.69) is 10.6 Å². The van der Waals surface area contributed by atoms with Crippen molar-refractivity contribution in [3.8, 4) is 0 Å². The van der Waals surface area contributed by atoms with Crippen molar-refractivity contribution in [1.29, 1.82) is 0 Å².